The molecule has 0 bridgehead atoms. The number of hydrogen-bond acceptors (Lipinski definition) is 4. The number of nitrogens with zero attached hydrogens (tertiary/aromatic N) is 1. The third-order valence-corrected chi connectivity index (χ3v) is 3.53. The number of carbonyl (C=O) groups excluding carboxylic acids is 1. The van der Waals surface area contributed by atoms with E-state index in [-0.39, 0.29) is 18.4 Å². The minimum Gasteiger partial charge on any atom is -0.454 e. The number of rotatable bonds is 5. The fourth-order valence-electron chi connectivity index (χ4n) is 2.37. The summed E-state index contributed by atoms with van der Waals surface area (Å²) in [5.41, 5.74) is 1.28. The number of amides is 1. The molecule has 0 N–H and O–H groups in total. The Hall–Kier alpha value is -2.83. The van der Waals surface area contributed by atoms with Crippen LogP contribution in [0.4, 0.5) is 8.78 Å². The standard InChI is InChI=1S/C17H15F2NO4/c1-20(9-11-2-5-13(6-3-11)24-17(18)19)16(21)12-4-7-14-15(8-12)23-10-22-14/h2-8,17H,9-10H2,1H3. The number of hydrogen-bond donors (Lipinski definition) is 0. The largest absolute Gasteiger partial charge is 0.454 e. The number of ether oxygens (including phenoxy) is 3. The van der Waals surface area contributed by atoms with Crippen LogP contribution in [0.2, 0.25) is 0 Å². The van der Waals surface area contributed by atoms with E-state index in [0.29, 0.717) is 23.6 Å². The number of alkyl halides is 2. The Balaban J connectivity index is 1.65. The molecule has 1 aliphatic rings. The first kappa shape index (κ1) is 16.0. The van der Waals surface area contributed by atoms with Gasteiger partial charge in [-0.15, -0.1) is 0 Å². The van der Waals surface area contributed by atoms with Gasteiger partial charge in [-0.25, -0.2) is 0 Å². The summed E-state index contributed by atoms with van der Waals surface area (Å²) in [5.74, 6) is 1.06. The van der Waals surface area contributed by atoms with Crippen LogP contribution in [0.15, 0.2) is 42.5 Å². The molecule has 0 fully saturated rings. The molecule has 0 saturated heterocycles. The molecule has 1 aliphatic heterocycles. The zero-order valence-corrected chi connectivity index (χ0v) is 12.9. The predicted molar refractivity (Wildman–Crippen MR) is 81.4 cm³/mol. The summed E-state index contributed by atoms with van der Waals surface area (Å²) in [6.45, 7) is -2.37. The first-order valence-corrected chi connectivity index (χ1v) is 7.22. The second kappa shape index (κ2) is 6.74. The molecule has 0 spiro atoms. The van der Waals surface area contributed by atoms with Crippen LogP contribution in [0.1, 0.15) is 15.9 Å². The number of fused-ring (bicyclic) bond motifs is 1. The first-order chi connectivity index (χ1) is 11.5. The molecule has 0 atom stereocenters. The Bertz CT molecular complexity index is 734. The van der Waals surface area contributed by atoms with E-state index in [2.05, 4.69) is 4.74 Å². The van der Waals surface area contributed by atoms with E-state index in [0.717, 1.165) is 5.56 Å². The maximum atomic E-state index is 12.5. The smallest absolute Gasteiger partial charge is 0.387 e. The van der Waals surface area contributed by atoms with Gasteiger partial charge < -0.3 is 19.1 Å². The van der Waals surface area contributed by atoms with Crippen LogP contribution >= 0.6 is 0 Å². The van der Waals surface area contributed by atoms with Gasteiger partial charge in [-0.1, -0.05) is 12.1 Å². The number of halogens is 2. The minimum absolute atomic E-state index is 0.0819. The number of benzene rings is 2. The highest BCUT2D eigenvalue weighted by molar-refractivity contribution is 5.94. The highest BCUT2D eigenvalue weighted by Gasteiger charge is 2.18. The van der Waals surface area contributed by atoms with Crippen molar-refractivity contribution in [1.29, 1.82) is 0 Å². The Kier molecular flexibility index (Phi) is 4.50. The average Bonchev–Trinajstić information content (AvgIpc) is 3.03. The zero-order valence-electron chi connectivity index (χ0n) is 12.9. The molecule has 7 heteroatoms. The Morgan fingerprint density at radius 1 is 1.17 bits per heavy atom. The number of carbonyl (C=O) groups is 1. The first-order valence-electron chi connectivity index (χ1n) is 7.22. The van der Waals surface area contributed by atoms with Crippen molar-refractivity contribution in [2.45, 2.75) is 13.2 Å². The van der Waals surface area contributed by atoms with E-state index in [4.69, 9.17) is 9.47 Å². The highest BCUT2D eigenvalue weighted by Crippen LogP contribution is 2.32. The monoisotopic (exact) mass is 335 g/mol. The van der Waals surface area contributed by atoms with E-state index in [1.807, 2.05) is 0 Å². The van der Waals surface area contributed by atoms with Crippen molar-refractivity contribution >= 4 is 5.91 Å². The molecule has 1 heterocycles. The molecular weight excluding hydrogens is 320 g/mol. The lowest BCUT2D eigenvalue weighted by atomic mass is 10.1. The van der Waals surface area contributed by atoms with Gasteiger partial charge in [0, 0.05) is 19.2 Å². The van der Waals surface area contributed by atoms with E-state index in [1.54, 1.807) is 37.4 Å². The topological polar surface area (TPSA) is 48.0 Å². The minimum atomic E-state index is -2.86. The molecule has 2 aromatic rings. The van der Waals surface area contributed by atoms with Crippen molar-refractivity contribution in [3.05, 3.63) is 53.6 Å². The van der Waals surface area contributed by atoms with Crippen LogP contribution in [0.25, 0.3) is 0 Å². The maximum Gasteiger partial charge on any atom is 0.387 e. The second-order valence-corrected chi connectivity index (χ2v) is 5.25. The van der Waals surface area contributed by atoms with Crippen molar-refractivity contribution in [2.75, 3.05) is 13.8 Å². The van der Waals surface area contributed by atoms with Gasteiger partial charge in [0.15, 0.2) is 11.5 Å². The van der Waals surface area contributed by atoms with Gasteiger partial charge in [0.25, 0.3) is 5.91 Å². The average molecular weight is 335 g/mol. The Morgan fingerprint density at radius 2 is 1.88 bits per heavy atom. The summed E-state index contributed by atoms with van der Waals surface area (Å²) in [4.78, 5) is 14.0. The van der Waals surface area contributed by atoms with Crippen LogP contribution in [-0.4, -0.2) is 31.3 Å². The Morgan fingerprint density at radius 3 is 2.58 bits per heavy atom. The molecule has 0 saturated carbocycles. The molecule has 0 aromatic heterocycles. The lowest BCUT2D eigenvalue weighted by Crippen LogP contribution is -2.26. The SMILES string of the molecule is CN(Cc1ccc(OC(F)F)cc1)C(=O)c1ccc2c(c1)OCO2. The molecule has 126 valence electrons. The molecular formula is C17H15F2NO4. The van der Waals surface area contributed by atoms with Crippen molar-refractivity contribution in [1.82, 2.24) is 4.90 Å². The highest BCUT2D eigenvalue weighted by atomic mass is 19.3. The van der Waals surface area contributed by atoms with E-state index < -0.39 is 6.61 Å². The molecule has 3 rings (SSSR count). The quantitative estimate of drug-likeness (QED) is 0.841. The van der Waals surface area contributed by atoms with Crippen molar-refractivity contribution in [3.8, 4) is 17.2 Å². The van der Waals surface area contributed by atoms with Gasteiger partial charge in [0.2, 0.25) is 6.79 Å². The van der Waals surface area contributed by atoms with Crippen LogP contribution < -0.4 is 14.2 Å². The van der Waals surface area contributed by atoms with Gasteiger partial charge >= 0.3 is 6.61 Å². The van der Waals surface area contributed by atoms with Crippen molar-refractivity contribution < 1.29 is 27.8 Å². The predicted octanol–water partition coefficient (Wildman–Crippen LogP) is 3.29. The van der Waals surface area contributed by atoms with Crippen molar-refractivity contribution in [3.63, 3.8) is 0 Å². The summed E-state index contributed by atoms with van der Waals surface area (Å²) in [5, 5.41) is 0. The molecule has 1 amide bonds. The van der Waals surface area contributed by atoms with Gasteiger partial charge in [0.1, 0.15) is 5.75 Å². The summed E-state index contributed by atoms with van der Waals surface area (Å²) >= 11 is 0. The third-order valence-electron chi connectivity index (χ3n) is 3.53. The summed E-state index contributed by atoms with van der Waals surface area (Å²) in [6.07, 6.45) is 0. The van der Waals surface area contributed by atoms with Gasteiger partial charge in [-0.2, -0.15) is 8.78 Å². The molecule has 0 radical (unpaired) electrons. The molecule has 24 heavy (non-hydrogen) atoms. The van der Waals surface area contributed by atoms with Gasteiger partial charge in [0.05, 0.1) is 0 Å². The maximum absolute atomic E-state index is 12.5. The van der Waals surface area contributed by atoms with Crippen LogP contribution in [-0.2, 0) is 6.54 Å². The van der Waals surface area contributed by atoms with E-state index in [1.165, 1.54) is 17.0 Å². The van der Waals surface area contributed by atoms with Crippen LogP contribution in [0, 0.1) is 0 Å². The zero-order chi connectivity index (χ0) is 17.1. The lowest BCUT2D eigenvalue weighted by Gasteiger charge is -2.18. The summed E-state index contributed by atoms with van der Waals surface area (Å²) < 4.78 is 39.0. The van der Waals surface area contributed by atoms with Gasteiger partial charge in [-0.05, 0) is 35.9 Å². The molecule has 2 aromatic carbocycles. The van der Waals surface area contributed by atoms with Gasteiger partial charge in [-0.3, -0.25) is 4.79 Å². The van der Waals surface area contributed by atoms with E-state index >= 15 is 0 Å². The van der Waals surface area contributed by atoms with E-state index in [9.17, 15) is 13.6 Å². The summed E-state index contributed by atoms with van der Waals surface area (Å²) in [6, 6.07) is 11.2. The summed E-state index contributed by atoms with van der Waals surface area (Å²) in [7, 11) is 1.66. The van der Waals surface area contributed by atoms with Crippen molar-refractivity contribution in [2.24, 2.45) is 0 Å². The Labute approximate surface area is 137 Å². The molecule has 0 aliphatic carbocycles. The normalized spacial score (nSPS) is 12.3. The fourth-order valence-corrected chi connectivity index (χ4v) is 2.37. The third kappa shape index (κ3) is 3.56. The second-order valence-electron chi connectivity index (χ2n) is 5.25. The molecule has 0 unspecified atom stereocenters. The van der Waals surface area contributed by atoms with Crippen LogP contribution in [0.5, 0.6) is 17.2 Å². The fraction of sp³-hybridized carbons (Fsp3) is 0.235. The lowest BCUT2D eigenvalue weighted by molar-refractivity contribution is -0.0498. The van der Waals surface area contributed by atoms with Crippen LogP contribution in [0.3, 0.4) is 0 Å². The molecule has 5 nitrogen and oxygen atoms in total.